The second-order valence-electron chi connectivity index (χ2n) is 6.69. The van der Waals surface area contributed by atoms with Gasteiger partial charge in [0.2, 0.25) is 0 Å². The lowest BCUT2D eigenvalue weighted by Gasteiger charge is -2.42. The molecule has 0 heteroatoms. The average molecular weight is 282 g/mol. The van der Waals surface area contributed by atoms with E-state index in [0.29, 0.717) is 11.8 Å². The summed E-state index contributed by atoms with van der Waals surface area (Å²) in [7, 11) is 0. The molecule has 22 heavy (non-hydrogen) atoms. The van der Waals surface area contributed by atoms with E-state index in [9.17, 15) is 0 Å². The van der Waals surface area contributed by atoms with E-state index in [0.717, 1.165) is 0 Å². The number of benzene rings is 3. The summed E-state index contributed by atoms with van der Waals surface area (Å²) < 4.78 is 0. The summed E-state index contributed by atoms with van der Waals surface area (Å²) in [5, 5.41) is 0. The number of hydrogen-bond acceptors (Lipinski definition) is 0. The highest BCUT2D eigenvalue weighted by Crippen LogP contribution is 2.55. The minimum atomic E-state index is 0.409. The Morgan fingerprint density at radius 1 is 0.500 bits per heavy atom. The van der Waals surface area contributed by atoms with Gasteiger partial charge in [0.05, 0.1) is 0 Å². The van der Waals surface area contributed by atoms with Crippen LogP contribution in [0.4, 0.5) is 0 Å². The summed E-state index contributed by atoms with van der Waals surface area (Å²) in [4.78, 5) is 0. The fourth-order valence-corrected chi connectivity index (χ4v) is 4.44. The van der Waals surface area contributed by atoms with Crippen molar-refractivity contribution in [2.24, 2.45) is 0 Å². The first-order chi connectivity index (χ1) is 10.8. The van der Waals surface area contributed by atoms with E-state index in [1.807, 2.05) is 0 Å². The molecule has 0 radical (unpaired) electrons. The van der Waals surface area contributed by atoms with Crippen molar-refractivity contribution in [3.05, 3.63) is 105 Å². The van der Waals surface area contributed by atoms with E-state index < -0.39 is 0 Å². The lowest BCUT2D eigenvalue weighted by Crippen LogP contribution is -2.27. The van der Waals surface area contributed by atoms with Gasteiger partial charge in [-0.05, 0) is 58.4 Å². The molecular formula is C22H18. The predicted octanol–water partition coefficient (Wildman–Crippen LogP) is 5.29. The lowest BCUT2D eigenvalue weighted by atomic mass is 9.61. The summed E-state index contributed by atoms with van der Waals surface area (Å²) >= 11 is 0. The summed E-state index contributed by atoms with van der Waals surface area (Å²) in [5.41, 5.74) is 11.9. The maximum Gasteiger partial charge on any atom is 0.0349 e. The summed E-state index contributed by atoms with van der Waals surface area (Å²) in [6.07, 6.45) is 0. The Labute approximate surface area is 131 Å². The third-order valence-electron chi connectivity index (χ3n) is 5.56. The fraction of sp³-hybridized carbons (Fsp3) is 0.182. The molecule has 0 atom stereocenters. The van der Waals surface area contributed by atoms with Crippen LogP contribution in [0.5, 0.6) is 0 Å². The largest absolute Gasteiger partial charge is 0.0619 e. The third kappa shape index (κ3) is 1.38. The van der Waals surface area contributed by atoms with Crippen LogP contribution in [0.3, 0.4) is 0 Å². The quantitative estimate of drug-likeness (QED) is 0.362. The molecule has 6 rings (SSSR count). The molecule has 0 N–H and O–H groups in total. The van der Waals surface area contributed by atoms with Gasteiger partial charge in [0.25, 0.3) is 0 Å². The van der Waals surface area contributed by atoms with Gasteiger partial charge < -0.3 is 0 Å². The molecule has 3 aliphatic carbocycles. The summed E-state index contributed by atoms with van der Waals surface area (Å²) in [6, 6.07) is 22.9. The highest BCUT2D eigenvalue weighted by Gasteiger charge is 2.40. The molecule has 2 bridgehead atoms. The molecule has 0 fully saturated rings. The molecule has 106 valence electrons. The van der Waals surface area contributed by atoms with Crippen LogP contribution in [0, 0.1) is 13.8 Å². The van der Waals surface area contributed by atoms with Crippen molar-refractivity contribution in [3.8, 4) is 0 Å². The Kier molecular flexibility index (Phi) is 2.28. The first-order valence-corrected chi connectivity index (χ1v) is 8.04. The van der Waals surface area contributed by atoms with Crippen molar-refractivity contribution in [3.63, 3.8) is 0 Å². The molecule has 0 amide bonds. The average Bonchev–Trinajstić information content (AvgIpc) is 2.55. The van der Waals surface area contributed by atoms with Crippen molar-refractivity contribution in [2.75, 3.05) is 0 Å². The molecule has 3 aliphatic rings. The minimum Gasteiger partial charge on any atom is -0.0619 e. The smallest absolute Gasteiger partial charge is 0.0349 e. The highest BCUT2D eigenvalue weighted by atomic mass is 14.4. The highest BCUT2D eigenvalue weighted by molar-refractivity contribution is 5.68. The second-order valence-corrected chi connectivity index (χ2v) is 6.69. The standard InChI is InChI=1S/C22H18/c1-13-11-19-20(12-14(13)2)22-17-9-5-3-7-15(17)21(19)16-8-4-6-10-18(16)22/h3-12,21-22H,1-2H3. The monoisotopic (exact) mass is 282 g/mol. The normalized spacial score (nSPS) is 20.3. The number of aryl methyl sites for hydroxylation is 2. The van der Waals surface area contributed by atoms with Gasteiger partial charge in [0.15, 0.2) is 0 Å². The molecular weight excluding hydrogens is 264 g/mol. The number of rotatable bonds is 0. The van der Waals surface area contributed by atoms with E-state index >= 15 is 0 Å². The van der Waals surface area contributed by atoms with Crippen LogP contribution >= 0.6 is 0 Å². The Morgan fingerprint density at radius 3 is 1.14 bits per heavy atom. The zero-order valence-electron chi connectivity index (χ0n) is 12.9. The lowest BCUT2D eigenvalue weighted by molar-refractivity contribution is 0.751. The van der Waals surface area contributed by atoms with E-state index in [-0.39, 0.29) is 0 Å². The minimum absolute atomic E-state index is 0.409. The Morgan fingerprint density at radius 2 is 0.818 bits per heavy atom. The van der Waals surface area contributed by atoms with Gasteiger partial charge >= 0.3 is 0 Å². The van der Waals surface area contributed by atoms with Crippen LogP contribution < -0.4 is 0 Å². The maximum atomic E-state index is 2.42. The molecule has 0 aromatic heterocycles. The SMILES string of the molecule is Cc1cc2c(cc1C)C1c3ccccc3C2c2ccccc21. The molecule has 0 unspecified atom stereocenters. The van der Waals surface area contributed by atoms with E-state index in [2.05, 4.69) is 74.5 Å². The van der Waals surface area contributed by atoms with Crippen molar-refractivity contribution in [1.82, 2.24) is 0 Å². The van der Waals surface area contributed by atoms with Crippen LogP contribution in [0.1, 0.15) is 56.3 Å². The van der Waals surface area contributed by atoms with E-state index in [4.69, 9.17) is 0 Å². The summed E-state index contributed by atoms with van der Waals surface area (Å²) in [5.74, 6) is 0.818. The molecule has 0 spiro atoms. The van der Waals surface area contributed by atoms with Gasteiger partial charge in [-0.2, -0.15) is 0 Å². The van der Waals surface area contributed by atoms with Crippen molar-refractivity contribution < 1.29 is 0 Å². The van der Waals surface area contributed by atoms with Crippen molar-refractivity contribution in [2.45, 2.75) is 25.7 Å². The Hall–Kier alpha value is -2.34. The molecule has 0 aliphatic heterocycles. The van der Waals surface area contributed by atoms with Gasteiger partial charge in [-0.25, -0.2) is 0 Å². The molecule has 3 aromatic rings. The number of hydrogen-bond donors (Lipinski definition) is 0. The van der Waals surface area contributed by atoms with Gasteiger partial charge in [-0.15, -0.1) is 0 Å². The molecule has 0 saturated heterocycles. The first kappa shape index (κ1) is 12.2. The Balaban J connectivity index is 1.91. The third-order valence-corrected chi connectivity index (χ3v) is 5.56. The molecule has 0 saturated carbocycles. The first-order valence-electron chi connectivity index (χ1n) is 8.04. The van der Waals surface area contributed by atoms with Gasteiger partial charge in [-0.1, -0.05) is 60.7 Å². The predicted molar refractivity (Wildman–Crippen MR) is 90.7 cm³/mol. The zero-order chi connectivity index (χ0) is 14.8. The van der Waals surface area contributed by atoms with E-state index in [1.54, 1.807) is 0 Å². The van der Waals surface area contributed by atoms with Crippen LogP contribution in [-0.2, 0) is 0 Å². The topological polar surface area (TPSA) is 0 Å². The van der Waals surface area contributed by atoms with Crippen LogP contribution in [0.15, 0.2) is 60.7 Å². The molecule has 0 nitrogen and oxygen atoms in total. The van der Waals surface area contributed by atoms with E-state index in [1.165, 1.54) is 44.5 Å². The zero-order valence-corrected chi connectivity index (χ0v) is 12.9. The second kappa shape index (κ2) is 4.10. The van der Waals surface area contributed by atoms with Gasteiger partial charge in [0.1, 0.15) is 0 Å². The Bertz CT molecular complexity index is 795. The van der Waals surface area contributed by atoms with Crippen LogP contribution in [0.25, 0.3) is 0 Å². The van der Waals surface area contributed by atoms with Crippen molar-refractivity contribution in [1.29, 1.82) is 0 Å². The summed E-state index contributed by atoms with van der Waals surface area (Å²) in [6.45, 7) is 4.46. The maximum absolute atomic E-state index is 2.42. The van der Waals surface area contributed by atoms with Gasteiger partial charge in [-0.3, -0.25) is 0 Å². The van der Waals surface area contributed by atoms with Crippen LogP contribution in [0.2, 0.25) is 0 Å². The van der Waals surface area contributed by atoms with Crippen molar-refractivity contribution >= 4 is 0 Å². The van der Waals surface area contributed by atoms with Gasteiger partial charge in [0, 0.05) is 11.8 Å². The van der Waals surface area contributed by atoms with Crippen LogP contribution in [-0.4, -0.2) is 0 Å². The fourth-order valence-electron chi connectivity index (χ4n) is 4.44. The molecule has 3 aromatic carbocycles. The molecule has 0 heterocycles.